The molecule has 16 heteroatoms. The summed E-state index contributed by atoms with van der Waals surface area (Å²) in [7, 11) is 0. The number of phenols is 1. The number of carbonyl (C=O) groups excluding carboxylic acids is 7. The van der Waals surface area contributed by atoms with E-state index in [-0.39, 0.29) is 60.1 Å². The van der Waals surface area contributed by atoms with Crippen LogP contribution in [0.4, 0.5) is 10.5 Å². The summed E-state index contributed by atoms with van der Waals surface area (Å²) in [4.78, 5) is 92.1. The molecule has 4 aliphatic carbocycles. The highest BCUT2D eigenvalue weighted by Gasteiger charge is 2.58. The van der Waals surface area contributed by atoms with E-state index in [0.29, 0.717) is 31.4 Å². The van der Waals surface area contributed by atoms with Gasteiger partial charge in [0.05, 0.1) is 17.4 Å². The molecule has 0 radical (unpaired) electrons. The van der Waals surface area contributed by atoms with Gasteiger partial charge in [-0.2, -0.15) is 0 Å². The monoisotopic (exact) mass is 900 g/mol. The predicted octanol–water partition coefficient (Wildman–Crippen LogP) is 3.88. The summed E-state index contributed by atoms with van der Waals surface area (Å²) in [6, 6.07) is 6.94. The van der Waals surface area contributed by atoms with Crippen LogP contribution in [0.2, 0.25) is 0 Å². The lowest BCUT2D eigenvalue weighted by Crippen LogP contribution is -2.60. The molecule has 0 saturated heterocycles. The molecule has 2 aromatic carbocycles. The van der Waals surface area contributed by atoms with Crippen LogP contribution < -0.4 is 37.6 Å². The Bertz CT molecular complexity index is 2180. The molecule has 0 spiro atoms. The summed E-state index contributed by atoms with van der Waals surface area (Å²) in [5, 5.41) is 36.7. The Balaban J connectivity index is 1.16. The summed E-state index contributed by atoms with van der Waals surface area (Å²) in [6.45, 7) is 11.2. The fourth-order valence-electron chi connectivity index (χ4n) is 12.3. The maximum Gasteiger partial charge on any atom is 0.312 e. The molecule has 0 aliphatic heterocycles. The molecule has 2 saturated carbocycles. The molecule has 8 amide bonds. The zero-order chi connectivity index (χ0) is 47.5. The van der Waals surface area contributed by atoms with Gasteiger partial charge in [0, 0.05) is 12.2 Å². The molecule has 65 heavy (non-hydrogen) atoms. The number of aliphatic hydroxyl groups excluding tert-OH is 1. The van der Waals surface area contributed by atoms with E-state index < -0.39 is 64.7 Å². The summed E-state index contributed by atoms with van der Waals surface area (Å²) < 4.78 is 0. The number of aromatic hydroxyl groups is 1. The topological polar surface area (TPSA) is 258 Å². The van der Waals surface area contributed by atoms with Gasteiger partial charge < -0.3 is 42.5 Å². The first-order chi connectivity index (χ1) is 30.7. The fraction of sp³-hybridized carbons (Fsp3) is 0.612. The molecule has 0 unspecified atom stereocenters. The Morgan fingerprint density at radius 1 is 0.769 bits per heavy atom. The molecule has 0 bridgehead atoms. The smallest absolute Gasteiger partial charge is 0.312 e. The van der Waals surface area contributed by atoms with E-state index in [2.05, 4.69) is 45.7 Å². The zero-order valence-electron chi connectivity index (χ0n) is 38.7. The summed E-state index contributed by atoms with van der Waals surface area (Å²) in [5.41, 5.74) is 7.59. The van der Waals surface area contributed by atoms with Gasteiger partial charge in [0.15, 0.2) is 0 Å². The van der Waals surface area contributed by atoms with Crippen molar-refractivity contribution in [3.05, 3.63) is 58.7 Å². The predicted molar refractivity (Wildman–Crippen MR) is 244 cm³/mol. The number of benzene rings is 2. The second-order valence-electron chi connectivity index (χ2n) is 20.3. The number of carbonyl (C=O) groups is 7. The molecule has 2 fully saturated rings. The molecule has 354 valence electrons. The SMILES string of the molecule is CC(C)[C@H](NC=O)C(=O)N[C@@H](CCCNC(N)=O)C(=O)N[C@@H](CO)C(=O)Nc1ccc2c(c1)[C@@]1(C)CCC[C@](C)(C(=O)NC(=O)[C@@]3(C)CCC[C@]4(C)c5cc(O)ccc5CC[C@@H]34)[C@@H]1CC2. The Hall–Kier alpha value is -5.51. The van der Waals surface area contributed by atoms with Crippen LogP contribution in [0.15, 0.2) is 36.4 Å². The van der Waals surface area contributed by atoms with Crippen LogP contribution in [-0.4, -0.2) is 83.5 Å². The molecular weight excluding hydrogens is 831 g/mol. The third kappa shape index (κ3) is 9.73. The van der Waals surface area contributed by atoms with Gasteiger partial charge in [-0.3, -0.25) is 34.1 Å². The minimum absolute atomic E-state index is 0.00200. The maximum atomic E-state index is 14.7. The number of fused-ring (bicyclic) bond motifs is 6. The number of primary amides is 1. The number of aliphatic hydroxyl groups is 1. The van der Waals surface area contributed by atoms with Crippen LogP contribution in [0.25, 0.3) is 0 Å². The first kappa shape index (κ1) is 48.9. The Labute approximate surface area is 381 Å². The summed E-state index contributed by atoms with van der Waals surface area (Å²) in [5.74, 6) is -2.77. The van der Waals surface area contributed by atoms with Gasteiger partial charge in [-0.15, -0.1) is 0 Å². The standard InChI is InChI=1S/C49H69N7O9/c1-28(2)39(52-27-58)42(62)54-35(10-7-23-51-45(50)65)40(60)55-36(26-57)41(61)53-31-15-11-29-13-17-37-46(3,33(29)24-31)19-8-21-48(37,5)43(63)56-44(64)49(6)22-9-20-47(4)34-25-32(59)16-12-30(34)14-18-38(47)49/h11-12,15-16,24-25,27-28,35-39,57,59H,7-10,13-14,17-23,26H2,1-6H3,(H,52,58)(H,53,61)(H,54,62)(H,55,60)(H3,50,51,65)(H,56,63,64)/t35-,36-,37+,38+,39-,46+,47+,48-,49-/m0/s1. The van der Waals surface area contributed by atoms with Crippen LogP contribution in [0.3, 0.4) is 0 Å². The number of amides is 8. The van der Waals surface area contributed by atoms with E-state index in [9.17, 15) is 43.8 Å². The molecular formula is C49H69N7O9. The number of imide groups is 1. The average Bonchev–Trinajstić information content (AvgIpc) is 3.25. The van der Waals surface area contributed by atoms with E-state index in [0.717, 1.165) is 61.6 Å². The number of aryl methyl sites for hydroxylation is 2. The van der Waals surface area contributed by atoms with E-state index >= 15 is 0 Å². The minimum atomic E-state index is -1.40. The van der Waals surface area contributed by atoms with Crippen LogP contribution in [0.1, 0.15) is 128 Å². The lowest BCUT2D eigenvalue weighted by atomic mass is 9.49. The highest BCUT2D eigenvalue weighted by Crippen LogP contribution is 2.60. The first-order valence-corrected chi connectivity index (χ1v) is 23.3. The second-order valence-corrected chi connectivity index (χ2v) is 20.3. The normalized spacial score (nSPS) is 28.0. The molecule has 0 aromatic heterocycles. The van der Waals surface area contributed by atoms with E-state index in [1.54, 1.807) is 26.0 Å². The largest absolute Gasteiger partial charge is 0.508 e. The number of urea groups is 1. The highest BCUT2D eigenvalue weighted by atomic mass is 16.3. The minimum Gasteiger partial charge on any atom is -0.508 e. The number of anilines is 1. The van der Waals surface area contributed by atoms with Gasteiger partial charge >= 0.3 is 6.03 Å². The number of phenolic OH excluding ortho intramolecular Hbond substituents is 1. The fourth-order valence-corrected chi connectivity index (χ4v) is 12.3. The third-order valence-electron chi connectivity index (χ3n) is 15.8. The number of rotatable bonds is 16. The van der Waals surface area contributed by atoms with Crippen molar-refractivity contribution >= 4 is 47.7 Å². The van der Waals surface area contributed by atoms with Crippen molar-refractivity contribution in [1.29, 1.82) is 0 Å². The molecule has 9 atom stereocenters. The van der Waals surface area contributed by atoms with E-state index in [4.69, 9.17) is 5.73 Å². The second kappa shape index (κ2) is 19.5. The van der Waals surface area contributed by atoms with Gasteiger partial charge in [0.2, 0.25) is 35.9 Å². The van der Waals surface area contributed by atoms with Crippen molar-refractivity contribution < 1.29 is 43.8 Å². The van der Waals surface area contributed by atoms with Crippen molar-refractivity contribution in [3.63, 3.8) is 0 Å². The van der Waals surface area contributed by atoms with Crippen LogP contribution in [-0.2, 0) is 52.4 Å². The van der Waals surface area contributed by atoms with Crippen LogP contribution >= 0.6 is 0 Å². The van der Waals surface area contributed by atoms with Crippen molar-refractivity contribution in [3.8, 4) is 5.75 Å². The van der Waals surface area contributed by atoms with Crippen molar-refractivity contribution in [1.82, 2.24) is 26.6 Å². The van der Waals surface area contributed by atoms with Gasteiger partial charge in [-0.05, 0) is 139 Å². The lowest BCUT2D eigenvalue weighted by molar-refractivity contribution is -0.150. The average molecular weight is 900 g/mol. The third-order valence-corrected chi connectivity index (χ3v) is 15.8. The van der Waals surface area contributed by atoms with Crippen molar-refractivity contribution in [2.75, 3.05) is 18.5 Å². The van der Waals surface area contributed by atoms with Gasteiger partial charge in [0.25, 0.3) is 0 Å². The number of hydrogen-bond acceptors (Lipinski definition) is 9. The zero-order valence-corrected chi connectivity index (χ0v) is 38.7. The molecule has 16 nitrogen and oxygen atoms in total. The molecule has 10 N–H and O–H groups in total. The van der Waals surface area contributed by atoms with Gasteiger partial charge in [-0.25, -0.2) is 4.79 Å². The van der Waals surface area contributed by atoms with E-state index in [1.165, 1.54) is 5.56 Å². The quantitative estimate of drug-likeness (QED) is 0.0672. The van der Waals surface area contributed by atoms with Gasteiger partial charge in [-0.1, -0.05) is 66.5 Å². The lowest BCUT2D eigenvalue weighted by Gasteiger charge is -2.56. The van der Waals surface area contributed by atoms with Gasteiger partial charge in [0.1, 0.15) is 23.9 Å². The molecule has 2 aromatic rings. The number of nitrogens with two attached hydrogens (primary N) is 1. The van der Waals surface area contributed by atoms with Crippen LogP contribution in [0.5, 0.6) is 5.75 Å². The maximum absolute atomic E-state index is 14.7. The Morgan fingerprint density at radius 2 is 1.32 bits per heavy atom. The molecule has 6 rings (SSSR count). The van der Waals surface area contributed by atoms with Crippen molar-refractivity contribution in [2.45, 2.75) is 148 Å². The summed E-state index contributed by atoms with van der Waals surface area (Å²) in [6.07, 6.45) is 8.30. The highest BCUT2D eigenvalue weighted by molar-refractivity contribution is 6.01. The van der Waals surface area contributed by atoms with Crippen LogP contribution in [0, 0.1) is 28.6 Å². The number of hydrogen-bond donors (Lipinski definition) is 9. The van der Waals surface area contributed by atoms with Crippen molar-refractivity contribution in [2.24, 2.45) is 34.3 Å². The molecule has 0 heterocycles. The first-order valence-electron chi connectivity index (χ1n) is 23.3. The summed E-state index contributed by atoms with van der Waals surface area (Å²) >= 11 is 0. The number of nitrogens with one attached hydrogen (secondary N) is 6. The van der Waals surface area contributed by atoms with E-state index in [1.807, 2.05) is 38.1 Å². The Morgan fingerprint density at radius 3 is 1.86 bits per heavy atom. The Kier molecular flexibility index (Phi) is 14.7. The molecule has 4 aliphatic rings.